The topological polar surface area (TPSA) is 9.23 Å². The Morgan fingerprint density at radius 3 is 2.64 bits per heavy atom. The van der Waals surface area contributed by atoms with Crippen LogP contribution in [0.4, 0.5) is 0 Å². The Bertz CT molecular complexity index is 235. The van der Waals surface area contributed by atoms with E-state index in [-0.39, 0.29) is 5.44 Å². The average molecular weight is 210 g/mol. The molecule has 0 saturated heterocycles. The molecule has 0 amide bonds. The van der Waals surface area contributed by atoms with Crippen molar-refractivity contribution in [2.24, 2.45) is 0 Å². The van der Waals surface area contributed by atoms with Crippen molar-refractivity contribution in [1.29, 1.82) is 0 Å². The molecule has 1 aromatic rings. The minimum absolute atomic E-state index is 0.0788. The van der Waals surface area contributed by atoms with E-state index in [4.69, 9.17) is 4.74 Å². The van der Waals surface area contributed by atoms with Crippen molar-refractivity contribution in [1.82, 2.24) is 0 Å². The van der Waals surface area contributed by atoms with Crippen LogP contribution in [-0.4, -0.2) is 5.44 Å². The Labute approximate surface area is 91.9 Å². The van der Waals surface area contributed by atoms with Crippen molar-refractivity contribution >= 4 is 12.6 Å². The van der Waals surface area contributed by atoms with Gasteiger partial charge in [0.15, 0.2) is 0 Å². The molecular weight excluding hydrogens is 192 g/mol. The van der Waals surface area contributed by atoms with Crippen LogP contribution >= 0.6 is 12.6 Å². The van der Waals surface area contributed by atoms with Gasteiger partial charge in [-0.2, -0.15) is 0 Å². The van der Waals surface area contributed by atoms with Crippen molar-refractivity contribution in [2.75, 3.05) is 0 Å². The zero-order valence-corrected chi connectivity index (χ0v) is 9.54. The Morgan fingerprint density at radius 2 is 2.00 bits per heavy atom. The second-order valence-electron chi connectivity index (χ2n) is 3.39. The molecular formula is C12H18OS. The van der Waals surface area contributed by atoms with Gasteiger partial charge in [0, 0.05) is 0 Å². The van der Waals surface area contributed by atoms with Gasteiger partial charge in [-0.15, -0.1) is 12.6 Å². The molecule has 0 N–H and O–H groups in total. The van der Waals surface area contributed by atoms with Crippen LogP contribution in [0.2, 0.25) is 0 Å². The monoisotopic (exact) mass is 210 g/mol. The molecule has 0 radical (unpaired) electrons. The van der Waals surface area contributed by atoms with Crippen LogP contribution in [0.25, 0.3) is 0 Å². The third-order valence-corrected chi connectivity index (χ3v) is 2.50. The van der Waals surface area contributed by atoms with Gasteiger partial charge in [-0.25, -0.2) is 0 Å². The summed E-state index contributed by atoms with van der Waals surface area (Å²) in [5, 5.41) is 0. The van der Waals surface area contributed by atoms with E-state index in [1.54, 1.807) is 0 Å². The van der Waals surface area contributed by atoms with E-state index in [9.17, 15) is 0 Å². The third kappa shape index (κ3) is 4.68. The van der Waals surface area contributed by atoms with Gasteiger partial charge in [0.05, 0.1) is 6.61 Å². The van der Waals surface area contributed by atoms with E-state index in [1.165, 1.54) is 18.4 Å². The summed E-state index contributed by atoms with van der Waals surface area (Å²) in [7, 11) is 0. The lowest BCUT2D eigenvalue weighted by Gasteiger charge is -2.11. The number of unbranched alkanes of at least 4 members (excludes halogenated alkanes) is 1. The zero-order valence-electron chi connectivity index (χ0n) is 8.65. The van der Waals surface area contributed by atoms with Gasteiger partial charge in [0.2, 0.25) is 0 Å². The maximum Gasteiger partial charge on any atom is 0.100 e. The fourth-order valence-electron chi connectivity index (χ4n) is 1.23. The Balaban J connectivity index is 2.20. The highest BCUT2D eigenvalue weighted by Crippen LogP contribution is 2.11. The molecule has 0 aliphatic rings. The van der Waals surface area contributed by atoms with Gasteiger partial charge < -0.3 is 4.74 Å². The summed E-state index contributed by atoms with van der Waals surface area (Å²) in [6.07, 6.45) is 3.42. The fraction of sp³-hybridized carbons (Fsp3) is 0.500. The predicted octanol–water partition coefficient (Wildman–Crippen LogP) is 3.65. The molecule has 78 valence electrons. The number of benzene rings is 1. The van der Waals surface area contributed by atoms with Crippen molar-refractivity contribution < 1.29 is 4.74 Å². The molecule has 1 rings (SSSR count). The minimum atomic E-state index is 0.0788. The molecule has 0 aliphatic carbocycles. The minimum Gasteiger partial charge on any atom is -0.363 e. The number of hydrogen-bond donors (Lipinski definition) is 1. The quantitative estimate of drug-likeness (QED) is 0.557. The standard InChI is InChI=1S/C12H18OS/c1-2-3-9-12(14)13-10-11-7-5-4-6-8-11/h4-8,12,14H,2-3,9-10H2,1H3. The lowest BCUT2D eigenvalue weighted by molar-refractivity contribution is 0.0936. The van der Waals surface area contributed by atoms with Crippen LogP contribution < -0.4 is 0 Å². The van der Waals surface area contributed by atoms with Gasteiger partial charge in [0.25, 0.3) is 0 Å². The van der Waals surface area contributed by atoms with Gasteiger partial charge >= 0.3 is 0 Å². The van der Waals surface area contributed by atoms with Crippen molar-refractivity contribution in [3.05, 3.63) is 35.9 Å². The highest BCUT2D eigenvalue weighted by Gasteiger charge is 2.01. The summed E-state index contributed by atoms with van der Waals surface area (Å²) in [4.78, 5) is 0. The van der Waals surface area contributed by atoms with Crippen molar-refractivity contribution in [3.8, 4) is 0 Å². The first-order chi connectivity index (χ1) is 6.83. The molecule has 1 atom stereocenters. The van der Waals surface area contributed by atoms with E-state index in [0.717, 1.165) is 6.42 Å². The van der Waals surface area contributed by atoms with E-state index in [2.05, 4.69) is 31.7 Å². The molecule has 0 heterocycles. The molecule has 1 aromatic carbocycles. The summed E-state index contributed by atoms with van der Waals surface area (Å²) in [6, 6.07) is 10.2. The molecule has 1 nitrogen and oxygen atoms in total. The van der Waals surface area contributed by atoms with Crippen molar-refractivity contribution in [3.63, 3.8) is 0 Å². The molecule has 0 fully saturated rings. The van der Waals surface area contributed by atoms with Gasteiger partial charge in [-0.05, 0) is 12.0 Å². The third-order valence-electron chi connectivity index (χ3n) is 2.09. The van der Waals surface area contributed by atoms with Crippen LogP contribution in [0.1, 0.15) is 31.7 Å². The highest BCUT2D eigenvalue weighted by atomic mass is 32.1. The van der Waals surface area contributed by atoms with Gasteiger partial charge in [0.1, 0.15) is 5.44 Å². The summed E-state index contributed by atoms with van der Waals surface area (Å²) in [5.41, 5.74) is 1.29. The zero-order chi connectivity index (χ0) is 10.2. The maximum atomic E-state index is 5.59. The maximum absolute atomic E-state index is 5.59. The number of ether oxygens (including phenoxy) is 1. The second kappa shape index (κ2) is 6.91. The number of thiol groups is 1. The summed E-state index contributed by atoms with van der Waals surface area (Å²) in [6.45, 7) is 2.84. The van der Waals surface area contributed by atoms with Crippen LogP contribution in [0.3, 0.4) is 0 Å². The first-order valence-electron chi connectivity index (χ1n) is 5.16. The second-order valence-corrected chi connectivity index (χ2v) is 3.97. The van der Waals surface area contributed by atoms with Crippen LogP contribution in [0, 0.1) is 0 Å². The van der Waals surface area contributed by atoms with E-state index < -0.39 is 0 Å². The molecule has 2 heteroatoms. The average Bonchev–Trinajstić information content (AvgIpc) is 2.25. The molecule has 0 aliphatic heterocycles. The Hall–Kier alpha value is -0.470. The molecule has 0 bridgehead atoms. The van der Waals surface area contributed by atoms with Crippen LogP contribution in [0.15, 0.2) is 30.3 Å². The fourth-order valence-corrected chi connectivity index (χ4v) is 1.49. The summed E-state index contributed by atoms with van der Waals surface area (Å²) >= 11 is 4.37. The van der Waals surface area contributed by atoms with Gasteiger partial charge in [-0.1, -0.05) is 50.1 Å². The Morgan fingerprint density at radius 1 is 1.29 bits per heavy atom. The lowest BCUT2D eigenvalue weighted by Crippen LogP contribution is -2.04. The molecule has 0 aromatic heterocycles. The molecule has 14 heavy (non-hydrogen) atoms. The Kier molecular flexibility index (Phi) is 5.72. The largest absolute Gasteiger partial charge is 0.363 e. The highest BCUT2D eigenvalue weighted by molar-refractivity contribution is 7.80. The number of rotatable bonds is 6. The summed E-state index contributed by atoms with van der Waals surface area (Å²) < 4.78 is 5.59. The van der Waals surface area contributed by atoms with E-state index >= 15 is 0 Å². The van der Waals surface area contributed by atoms with Crippen molar-refractivity contribution in [2.45, 2.75) is 38.2 Å². The number of hydrogen-bond acceptors (Lipinski definition) is 2. The van der Waals surface area contributed by atoms with Crippen LogP contribution in [0.5, 0.6) is 0 Å². The van der Waals surface area contributed by atoms with E-state index in [0.29, 0.717) is 6.61 Å². The van der Waals surface area contributed by atoms with E-state index in [1.807, 2.05) is 18.2 Å². The SMILES string of the molecule is CCCCC(S)OCc1ccccc1. The molecule has 0 saturated carbocycles. The first-order valence-corrected chi connectivity index (χ1v) is 5.68. The lowest BCUT2D eigenvalue weighted by atomic mass is 10.2. The van der Waals surface area contributed by atoms with Crippen LogP contribution in [-0.2, 0) is 11.3 Å². The summed E-state index contributed by atoms with van der Waals surface area (Å²) in [5.74, 6) is 0. The molecule has 0 spiro atoms. The normalized spacial score (nSPS) is 12.7. The predicted molar refractivity (Wildman–Crippen MR) is 63.5 cm³/mol. The van der Waals surface area contributed by atoms with Gasteiger partial charge in [-0.3, -0.25) is 0 Å². The first kappa shape index (κ1) is 11.6. The smallest absolute Gasteiger partial charge is 0.100 e. The molecule has 1 unspecified atom stereocenters.